The van der Waals surface area contributed by atoms with Crippen molar-refractivity contribution in [3.63, 3.8) is 0 Å². The van der Waals surface area contributed by atoms with Gasteiger partial charge in [0.15, 0.2) is 0 Å². The molecule has 2 heteroatoms. The van der Waals surface area contributed by atoms with Crippen LogP contribution in [0.15, 0.2) is 243 Å². The first-order valence-electron chi connectivity index (χ1n) is 21.8. The number of fused-ring (bicyclic) bond motifs is 13. The SMILES string of the molecule is c1ccc(N(c2ccc(-c3cccc(-c4ccc5c(c4)c4ccccc4n5-c4ccccc4)c3)cc2)c2ccc3c(c2)C2(c4ccccc4-c4ccccc42)c2ccccc2-3)cc1. The fraction of sp³-hybridized carbons (Fsp3) is 0.0164. The van der Waals surface area contributed by atoms with Gasteiger partial charge in [-0.15, -0.1) is 0 Å². The molecule has 0 atom stereocenters. The molecule has 0 unspecified atom stereocenters. The summed E-state index contributed by atoms with van der Waals surface area (Å²) >= 11 is 0. The van der Waals surface area contributed by atoms with Gasteiger partial charge in [0.05, 0.1) is 16.4 Å². The van der Waals surface area contributed by atoms with Gasteiger partial charge in [-0.3, -0.25) is 0 Å². The molecule has 0 N–H and O–H groups in total. The molecule has 1 aromatic heterocycles. The van der Waals surface area contributed by atoms with E-state index < -0.39 is 5.41 Å². The molecule has 0 saturated heterocycles. The Bertz CT molecular complexity index is 3500. The van der Waals surface area contributed by atoms with Crippen LogP contribution in [0.2, 0.25) is 0 Å². The molecule has 1 spiro atoms. The Hall–Kier alpha value is -8.20. The maximum atomic E-state index is 2.46. The third-order valence-corrected chi connectivity index (χ3v) is 13.6. The van der Waals surface area contributed by atoms with E-state index in [-0.39, 0.29) is 0 Å². The van der Waals surface area contributed by atoms with Crippen LogP contribution in [0.5, 0.6) is 0 Å². The Morgan fingerprint density at radius 3 is 1.46 bits per heavy atom. The highest BCUT2D eigenvalue weighted by Crippen LogP contribution is 2.63. The van der Waals surface area contributed by atoms with Crippen molar-refractivity contribution in [3.8, 4) is 50.2 Å². The lowest BCUT2D eigenvalue weighted by molar-refractivity contribution is 0.793. The van der Waals surface area contributed by atoms with Crippen molar-refractivity contribution in [1.29, 1.82) is 0 Å². The van der Waals surface area contributed by atoms with E-state index in [4.69, 9.17) is 0 Å². The lowest BCUT2D eigenvalue weighted by Gasteiger charge is -2.32. The molecule has 0 aliphatic heterocycles. The van der Waals surface area contributed by atoms with Gasteiger partial charge in [-0.05, 0) is 140 Å². The molecular weight excluding hydrogens is 761 g/mol. The Kier molecular flexibility index (Phi) is 7.85. The molecule has 13 rings (SSSR count). The molecule has 1 heterocycles. The van der Waals surface area contributed by atoms with Crippen LogP contribution in [0.1, 0.15) is 22.3 Å². The summed E-state index contributed by atoms with van der Waals surface area (Å²) in [6.07, 6.45) is 0. The summed E-state index contributed by atoms with van der Waals surface area (Å²) in [6.45, 7) is 0. The average molecular weight is 801 g/mol. The van der Waals surface area contributed by atoms with Gasteiger partial charge in [0.25, 0.3) is 0 Å². The summed E-state index contributed by atoms with van der Waals surface area (Å²) in [5.74, 6) is 0. The first kappa shape index (κ1) is 35.5. The summed E-state index contributed by atoms with van der Waals surface area (Å²) < 4.78 is 2.37. The van der Waals surface area contributed by atoms with Crippen molar-refractivity contribution < 1.29 is 0 Å². The van der Waals surface area contributed by atoms with Crippen LogP contribution < -0.4 is 4.90 Å². The van der Waals surface area contributed by atoms with E-state index in [1.54, 1.807) is 0 Å². The van der Waals surface area contributed by atoms with Gasteiger partial charge in [-0.25, -0.2) is 0 Å². The minimum absolute atomic E-state index is 0.407. The van der Waals surface area contributed by atoms with E-state index in [1.807, 2.05) is 0 Å². The summed E-state index contributed by atoms with van der Waals surface area (Å²) in [7, 11) is 0. The zero-order valence-electron chi connectivity index (χ0n) is 34.5. The van der Waals surface area contributed by atoms with E-state index >= 15 is 0 Å². The van der Waals surface area contributed by atoms with Gasteiger partial charge in [0.1, 0.15) is 0 Å². The maximum absolute atomic E-state index is 2.46. The fourth-order valence-corrected chi connectivity index (χ4v) is 10.9. The zero-order valence-corrected chi connectivity index (χ0v) is 34.5. The van der Waals surface area contributed by atoms with Crippen LogP contribution >= 0.6 is 0 Å². The molecule has 2 nitrogen and oxygen atoms in total. The number of para-hydroxylation sites is 3. The standard InChI is InChI=1S/C61H40N2/c1-3-18-45(19-4-1)62(48-35-36-52-51-24-9-13-28-57(51)61(58(52)40-48)55-26-11-7-22-49(55)50-23-8-12-27-56(50)61)47-33-30-41(31-34-47)42-16-15-17-43(38-42)44-32-37-60-54(39-44)53-25-10-14-29-59(53)63(60)46-20-5-2-6-21-46/h1-40H. The quantitative estimate of drug-likeness (QED) is 0.163. The molecule has 63 heavy (non-hydrogen) atoms. The van der Waals surface area contributed by atoms with E-state index in [0.717, 1.165) is 17.1 Å². The maximum Gasteiger partial charge on any atom is 0.0726 e. The molecule has 0 amide bonds. The highest BCUT2D eigenvalue weighted by molar-refractivity contribution is 6.10. The highest BCUT2D eigenvalue weighted by Gasteiger charge is 2.51. The van der Waals surface area contributed by atoms with Gasteiger partial charge >= 0.3 is 0 Å². The fourth-order valence-electron chi connectivity index (χ4n) is 10.9. The number of benzene rings is 10. The van der Waals surface area contributed by atoms with Crippen LogP contribution in [0.4, 0.5) is 17.1 Å². The third kappa shape index (κ3) is 5.25. The number of hydrogen-bond acceptors (Lipinski definition) is 1. The predicted molar refractivity (Wildman–Crippen MR) is 263 cm³/mol. The van der Waals surface area contributed by atoms with Crippen LogP contribution in [0.25, 0.3) is 72.0 Å². The Morgan fingerprint density at radius 1 is 0.286 bits per heavy atom. The molecule has 11 aromatic rings. The second-order valence-electron chi connectivity index (χ2n) is 16.8. The monoisotopic (exact) mass is 800 g/mol. The van der Waals surface area contributed by atoms with Crippen LogP contribution in [0, 0.1) is 0 Å². The molecule has 0 bridgehead atoms. The Morgan fingerprint density at radius 2 is 0.778 bits per heavy atom. The van der Waals surface area contributed by atoms with Crippen molar-refractivity contribution >= 4 is 38.9 Å². The topological polar surface area (TPSA) is 8.17 Å². The van der Waals surface area contributed by atoms with Crippen molar-refractivity contribution in [2.24, 2.45) is 0 Å². The molecule has 294 valence electrons. The second-order valence-corrected chi connectivity index (χ2v) is 16.8. The van der Waals surface area contributed by atoms with E-state index in [0.29, 0.717) is 0 Å². The highest BCUT2D eigenvalue weighted by atomic mass is 15.1. The van der Waals surface area contributed by atoms with Crippen molar-refractivity contribution in [1.82, 2.24) is 4.57 Å². The minimum Gasteiger partial charge on any atom is -0.310 e. The van der Waals surface area contributed by atoms with Gasteiger partial charge in [-0.2, -0.15) is 0 Å². The van der Waals surface area contributed by atoms with Crippen molar-refractivity contribution in [2.75, 3.05) is 4.90 Å². The number of hydrogen-bond donors (Lipinski definition) is 0. The van der Waals surface area contributed by atoms with Crippen LogP contribution in [-0.4, -0.2) is 4.57 Å². The Labute approximate surface area is 367 Å². The number of anilines is 3. The van der Waals surface area contributed by atoms with Gasteiger partial charge in [-0.1, -0.05) is 170 Å². The summed E-state index contributed by atoms with van der Waals surface area (Å²) in [5.41, 5.74) is 21.9. The second kappa shape index (κ2) is 13.9. The van der Waals surface area contributed by atoms with Crippen molar-refractivity contribution in [2.45, 2.75) is 5.41 Å². The number of aromatic nitrogens is 1. The normalized spacial score (nSPS) is 12.9. The summed E-state index contributed by atoms with van der Waals surface area (Å²) in [6, 6.07) is 89.3. The van der Waals surface area contributed by atoms with Crippen LogP contribution in [-0.2, 0) is 5.41 Å². The smallest absolute Gasteiger partial charge is 0.0726 e. The molecule has 10 aromatic carbocycles. The van der Waals surface area contributed by atoms with Gasteiger partial charge in [0.2, 0.25) is 0 Å². The first-order chi connectivity index (χ1) is 31.3. The molecule has 0 fully saturated rings. The lowest BCUT2D eigenvalue weighted by Crippen LogP contribution is -2.26. The first-order valence-corrected chi connectivity index (χ1v) is 21.8. The van der Waals surface area contributed by atoms with Gasteiger partial charge in [0, 0.05) is 33.5 Å². The summed E-state index contributed by atoms with van der Waals surface area (Å²) in [4.78, 5) is 2.41. The summed E-state index contributed by atoms with van der Waals surface area (Å²) in [5, 5.41) is 2.51. The van der Waals surface area contributed by atoms with Crippen molar-refractivity contribution in [3.05, 3.63) is 265 Å². The Balaban J connectivity index is 0.902. The lowest BCUT2D eigenvalue weighted by atomic mass is 9.70. The number of rotatable bonds is 6. The predicted octanol–water partition coefficient (Wildman–Crippen LogP) is 15.9. The third-order valence-electron chi connectivity index (χ3n) is 13.6. The minimum atomic E-state index is -0.407. The van der Waals surface area contributed by atoms with Gasteiger partial charge < -0.3 is 9.47 Å². The number of nitrogens with zero attached hydrogens (tertiary/aromatic N) is 2. The van der Waals surface area contributed by atoms with E-state index in [2.05, 4.69) is 252 Å². The van der Waals surface area contributed by atoms with E-state index in [1.165, 1.54) is 94.3 Å². The zero-order chi connectivity index (χ0) is 41.5. The molecule has 0 saturated carbocycles. The largest absolute Gasteiger partial charge is 0.310 e. The molecular formula is C61H40N2. The molecule has 2 aliphatic rings. The molecule has 2 aliphatic carbocycles. The van der Waals surface area contributed by atoms with E-state index in [9.17, 15) is 0 Å². The van der Waals surface area contributed by atoms with Crippen LogP contribution in [0.3, 0.4) is 0 Å². The molecule has 0 radical (unpaired) electrons. The average Bonchev–Trinajstić information content (AvgIpc) is 3.96.